The van der Waals surface area contributed by atoms with Gasteiger partial charge in [-0.15, -0.1) is 0 Å². The highest BCUT2D eigenvalue weighted by atomic mass is 32.2. The van der Waals surface area contributed by atoms with Crippen LogP contribution in [0.1, 0.15) is 31.9 Å². The normalized spacial score (nSPS) is 11.8. The summed E-state index contributed by atoms with van der Waals surface area (Å²) in [6, 6.07) is 16.1. The molecule has 1 aromatic heterocycles. The fourth-order valence-corrected chi connectivity index (χ4v) is 3.70. The molecule has 0 aliphatic rings. The Morgan fingerprint density at radius 2 is 1.96 bits per heavy atom. The molecule has 1 heterocycles. The van der Waals surface area contributed by atoms with Crippen molar-refractivity contribution >= 4 is 34.3 Å². The van der Waals surface area contributed by atoms with Gasteiger partial charge in [-0.25, -0.2) is 4.98 Å². The third kappa shape index (κ3) is 4.07. The van der Waals surface area contributed by atoms with Crippen molar-refractivity contribution in [2.75, 3.05) is 11.1 Å². The molecule has 3 aromatic rings. The van der Waals surface area contributed by atoms with Crippen molar-refractivity contribution in [2.45, 2.75) is 31.5 Å². The van der Waals surface area contributed by atoms with Gasteiger partial charge in [0.15, 0.2) is 5.16 Å². The summed E-state index contributed by atoms with van der Waals surface area (Å²) in [4.78, 5) is 29.9. The molecular formula is C21H20N4O2S. The number of hydrogen-bond acceptors (Lipinski definition) is 5. The monoisotopic (exact) mass is 392 g/mol. The van der Waals surface area contributed by atoms with E-state index in [2.05, 4.69) is 16.4 Å². The lowest BCUT2D eigenvalue weighted by atomic mass is 10.2. The van der Waals surface area contributed by atoms with Crippen LogP contribution in [0.15, 0.2) is 58.5 Å². The smallest absolute Gasteiger partial charge is 0.262 e. The molecule has 142 valence electrons. The maximum atomic E-state index is 12.9. The summed E-state index contributed by atoms with van der Waals surface area (Å²) in [6.07, 6.45) is 0.773. The van der Waals surface area contributed by atoms with Crippen molar-refractivity contribution in [3.8, 4) is 6.07 Å². The molecule has 0 radical (unpaired) electrons. The number of carbonyl (C=O) groups excluding carboxylic acids is 1. The van der Waals surface area contributed by atoms with Crippen molar-refractivity contribution in [3.05, 3.63) is 64.4 Å². The highest BCUT2D eigenvalue weighted by Gasteiger charge is 2.17. The minimum absolute atomic E-state index is 0.0329. The van der Waals surface area contributed by atoms with Crippen molar-refractivity contribution < 1.29 is 4.79 Å². The first-order valence-corrected chi connectivity index (χ1v) is 9.96. The standard InChI is InChI=1S/C21H20N4O2S/c1-3-14(2)25-20(27)16-9-5-7-11-18(16)24-21(25)28-13-19(26)23-17-10-6-4-8-15(17)12-22/h4-11,14H,3,13H2,1-2H3,(H,23,26)/t14-/m0/s1. The number of anilines is 1. The molecular weight excluding hydrogens is 372 g/mol. The Bertz CT molecular complexity index is 1120. The van der Waals surface area contributed by atoms with E-state index in [9.17, 15) is 9.59 Å². The topological polar surface area (TPSA) is 87.8 Å². The van der Waals surface area contributed by atoms with Gasteiger partial charge in [0.05, 0.1) is 27.9 Å². The van der Waals surface area contributed by atoms with Gasteiger partial charge in [-0.2, -0.15) is 5.26 Å². The molecule has 1 atom stereocenters. The molecule has 1 amide bonds. The Morgan fingerprint density at radius 3 is 2.71 bits per heavy atom. The van der Waals surface area contributed by atoms with Crippen LogP contribution in [0.2, 0.25) is 0 Å². The molecule has 1 N–H and O–H groups in total. The van der Waals surface area contributed by atoms with Gasteiger partial charge in [0.25, 0.3) is 5.56 Å². The first-order valence-electron chi connectivity index (χ1n) is 8.98. The Labute approximate surface area is 167 Å². The van der Waals surface area contributed by atoms with Crippen LogP contribution in [0.25, 0.3) is 10.9 Å². The Morgan fingerprint density at radius 1 is 1.25 bits per heavy atom. The summed E-state index contributed by atoms with van der Waals surface area (Å²) in [6.45, 7) is 3.97. The Kier molecular flexibility index (Phi) is 6.12. The summed E-state index contributed by atoms with van der Waals surface area (Å²) < 4.78 is 1.66. The Hall–Kier alpha value is -3.11. The summed E-state index contributed by atoms with van der Waals surface area (Å²) in [5.74, 6) is -0.174. The molecule has 0 unspecified atom stereocenters. The number of carbonyl (C=O) groups is 1. The zero-order chi connectivity index (χ0) is 20.1. The largest absolute Gasteiger partial charge is 0.324 e. The number of benzene rings is 2. The minimum Gasteiger partial charge on any atom is -0.324 e. The Balaban J connectivity index is 1.86. The number of nitrogens with one attached hydrogen (secondary N) is 1. The van der Waals surface area contributed by atoms with Crippen LogP contribution >= 0.6 is 11.8 Å². The van der Waals surface area contributed by atoms with Gasteiger partial charge in [0.1, 0.15) is 6.07 Å². The van der Waals surface area contributed by atoms with E-state index in [1.54, 1.807) is 41.0 Å². The second kappa shape index (κ2) is 8.72. The lowest BCUT2D eigenvalue weighted by Crippen LogP contribution is -2.26. The molecule has 0 saturated heterocycles. The van der Waals surface area contributed by atoms with Crippen LogP contribution in [-0.2, 0) is 4.79 Å². The van der Waals surface area contributed by atoms with E-state index in [-0.39, 0.29) is 23.3 Å². The molecule has 0 aliphatic carbocycles. The molecule has 2 aromatic carbocycles. The van der Waals surface area contributed by atoms with Gasteiger partial charge in [-0.05, 0) is 37.6 Å². The van der Waals surface area contributed by atoms with E-state index in [0.717, 1.165) is 6.42 Å². The summed E-state index contributed by atoms with van der Waals surface area (Å²) >= 11 is 1.22. The number of amides is 1. The first-order chi connectivity index (χ1) is 13.5. The molecule has 0 spiro atoms. The van der Waals surface area contributed by atoms with Crippen LogP contribution in [0.5, 0.6) is 0 Å². The summed E-state index contributed by atoms with van der Waals surface area (Å²) in [7, 11) is 0. The highest BCUT2D eigenvalue weighted by Crippen LogP contribution is 2.23. The predicted octanol–water partition coefficient (Wildman–Crippen LogP) is 3.97. The second-order valence-corrected chi connectivity index (χ2v) is 7.28. The number of rotatable bonds is 6. The maximum absolute atomic E-state index is 12.9. The fraction of sp³-hybridized carbons (Fsp3) is 0.238. The van der Waals surface area contributed by atoms with E-state index in [0.29, 0.717) is 27.3 Å². The second-order valence-electron chi connectivity index (χ2n) is 6.34. The van der Waals surface area contributed by atoms with E-state index in [4.69, 9.17) is 5.26 Å². The van der Waals surface area contributed by atoms with Gasteiger partial charge in [0, 0.05) is 6.04 Å². The van der Waals surface area contributed by atoms with E-state index in [1.165, 1.54) is 11.8 Å². The predicted molar refractivity (Wildman–Crippen MR) is 112 cm³/mol. The van der Waals surface area contributed by atoms with Crippen molar-refractivity contribution in [3.63, 3.8) is 0 Å². The minimum atomic E-state index is -0.259. The highest BCUT2D eigenvalue weighted by molar-refractivity contribution is 7.99. The third-order valence-corrected chi connectivity index (χ3v) is 5.41. The number of thioether (sulfide) groups is 1. The SMILES string of the molecule is CC[C@H](C)n1c(SCC(=O)Nc2ccccc2C#N)nc2ccccc2c1=O. The number of hydrogen-bond donors (Lipinski definition) is 1. The molecule has 3 rings (SSSR count). The number of nitriles is 1. The molecule has 6 nitrogen and oxygen atoms in total. The van der Waals surface area contributed by atoms with Crippen molar-refractivity contribution in [1.29, 1.82) is 5.26 Å². The van der Waals surface area contributed by atoms with Gasteiger partial charge in [-0.1, -0.05) is 43.0 Å². The van der Waals surface area contributed by atoms with E-state index < -0.39 is 0 Å². The fourth-order valence-electron chi connectivity index (χ4n) is 2.80. The summed E-state index contributed by atoms with van der Waals surface area (Å²) in [5.41, 5.74) is 1.39. The number of aromatic nitrogens is 2. The average Bonchev–Trinajstić information content (AvgIpc) is 2.72. The quantitative estimate of drug-likeness (QED) is 0.506. The average molecular weight is 392 g/mol. The molecule has 0 aliphatic heterocycles. The lowest BCUT2D eigenvalue weighted by Gasteiger charge is -2.18. The van der Waals surface area contributed by atoms with Gasteiger partial charge in [0.2, 0.25) is 5.91 Å². The van der Waals surface area contributed by atoms with Crippen molar-refractivity contribution in [2.24, 2.45) is 0 Å². The van der Waals surface area contributed by atoms with Gasteiger partial charge in [-0.3, -0.25) is 14.2 Å². The third-order valence-electron chi connectivity index (χ3n) is 4.46. The van der Waals surface area contributed by atoms with Gasteiger partial charge >= 0.3 is 0 Å². The van der Waals surface area contributed by atoms with Crippen LogP contribution in [0.3, 0.4) is 0 Å². The molecule has 7 heteroatoms. The van der Waals surface area contributed by atoms with E-state index in [1.807, 2.05) is 26.0 Å². The van der Waals surface area contributed by atoms with Crippen molar-refractivity contribution in [1.82, 2.24) is 9.55 Å². The molecule has 0 bridgehead atoms. The number of fused-ring (bicyclic) bond motifs is 1. The van der Waals surface area contributed by atoms with Crippen LogP contribution in [-0.4, -0.2) is 21.2 Å². The number of para-hydroxylation sites is 2. The van der Waals surface area contributed by atoms with Crippen LogP contribution in [0.4, 0.5) is 5.69 Å². The maximum Gasteiger partial charge on any atom is 0.262 e. The molecule has 28 heavy (non-hydrogen) atoms. The first kappa shape index (κ1) is 19.6. The molecule has 0 saturated carbocycles. The van der Waals surface area contributed by atoms with Gasteiger partial charge < -0.3 is 5.32 Å². The summed E-state index contributed by atoms with van der Waals surface area (Å²) in [5, 5.41) is 13.0. The van der Waals surface area contributed by atoms with Crippen LogP contribution in [0, 0.1) is 11.3 Å². The molecule has 0 fully saturated rings. The van der Waals surface area contributed by atoms with Crippen LogP contribution < -0.4 is 10.9 Å². The lowest BCUT2D eigenvalue weighted by molar-refractivity contribution is -0.113. The zero-order valence-corrected chi connectivity index (χ0v) is 16.5. The van der Waals surface area contributed by atoms with E-state index >= 15 is 0 Å². The zero-order valence-electron chi connectivity index (χ0n) is 15.7. The number of nitrogens with zero attached hydrogens (tertiary/aromatic N) is 3.